The van der Waals surface area contributed by atoms with E-state index < -0.39 is 5.97 Å². The van der Waals surface area contributed by atoms with E-state index in [-0.39, 0.29) is 23.4 Å². The number of nitrogens with zero attached hydrogens (tertiary/aromatic N) is 1. The Morgan fingerprint density at radius 1 is 1.15 bits per heavy atom. The lowest BCUT2D eigenvalue weighted by Crippen LogP contribution is -2.49. The summed E-state index contributed by atoms with van der Waals surface area (Å²) in [5.41, 5.74) is 9.01. The van der Waals surface area contributed by atoms with E-state index in [1.807, 2.05) is 5.01 Å². The largest absolute Gasteiger partial charge is 0.481 e. The highest BCUT2D eigenvalue weighted by Gasteiger charge is 2.36. The first-order valence-electron chi connectivity index (χ1n) is 10.1. The van der Waals surface area contributed by atoms with Gasteiger partial charge in [-0.3, -0.25) is 9.59 Å². The fourth-order valence-corrected chi connectivity index (χ4v) is 5.36. The molecule has 27 heavy (non-hydrogen) atoms. The van der Waals surface area contributed by atoms with Crippen LogP contribution in [0.15, 0.2) is 0 Å². The summed E-state index contributed by atoms with van der Waals surface area (Å²) >= 11 is 1.52. The molecule has 6 unspecified atom stereocenters. The van der Waals surface area contributed by atoms with E-state index in [0.717, 1.165) is 38.0 Å². The third kappa shape index (κ3) is 5.57. The molecule has 2 saturated carbocycles. The molecule has 0 radical (unpaired) electrons. The minimum atomic E-state index is -0.709. The molecule has 1 saturated heterocycles. The van der Waals surface area contributed by atoms with Gasteiger partial charge in [0.25, 0.3) is 0 Å². The van der Waals surface area contributed by atoms with Crippen molar-refractivity contribution in [2.45, 2.75) is 76.4 Å². The van der Waals surface area contributed by atoms with Gasteiger partial charge in [-0.05, 0) is 50.4 Å². The van der Waals surface area contributed by atoms with Crippen LogP contribution in [0.2, 0.25) is 0 Å². The molecule has 6 atom stereocenters. The van der Waals surface area contributed by atoms with Gasteiger partial charge in [-0.1, -0.05) is 20.3 Å². The van der Waals surface area contributed by atoms with Gasteiger partial charge in [0, 0.05) is 12.1 Å². The van der Waals surface area contributed by atoms with E-state index in [1.54, 1.807) is 0 Å². The van der Waals surface area contributed by atoms with Gasteiger partial charge in [-0.2, -0.15) is 16.1 Å². The molecule has 5 N–H and O–H groups in total. The molecule has 0 bridgehead atoms. The van der Waals surface area contributed by atoms with E-state index in [9.17, 15) is 14.7 Å². The Morgan fingerprint density at radius 3 is 2.70 bits per heavy atom. The minimum absolute atomic E-state index is 0.0764. The van der Waals surface area contributed by atoms with Crippen molar-refractivity contribution in [3.8, 4) is 0 Å². The molecule has 0 aromatic rings. The summed E-state index contributed by atoms with van der Waals surface area (Å²) in [6.07, 6.45) is 6.56. The number of hydrogen-bond donors (Lipinski definition) is 5. The van der Waals surface area contributed by atoms with Gasteiger partial charge >= 0.3 is 5.97 Å². The molecule has 8 nitrogen and oxygen atoms in total. The average Bonchev–Trinajstić information content (AvgIpc) is 3.12. The number of carbonyl (C=O) groups is 2. The summed E-state index contributed by atoms with van der Waals surface area (Å²) < 4.78 is 0. The molecule has 3 aliphatic rings. The average molecular weight is 400 g/mol. The lowest BCUT2D eigenvalue weighted by molar-refractivity contribution is -0.143. The van der Waals surface area contributed by atoms with E-state index in [1.165, 1.54) is 18.2 Å². The third-order valence-electron chi connectivity index (χ3n) is 6.36. The Balaban J connectivity index is 1.44. The van der Waals surface area contributed by atoms with Gasteiger partial charge < -0.3 is 10.4 Å². The van der Waals surface area contributed by atoms with Crippen LogP contribution >= 0.6 is 11.8 Å². The first-order valence-corrected chi connectivity index (χ1v) is 11.2. The van der Waals surface area contributed by atoms with E-state index in [0.29, 0.717) is 24.1 Å². The van der Waals surface area contributed by atoms with E-state index in [2.05, 4.69) is 35.7 Å². The molecule has 2 aliphatic carbocycles. The van der Waals surface area contributed by atoms with Crippen molar-refractivity contribution < 1.29 is 14.7 Å². The van der Waals surface area contributed by atoms with Crippen LogP contribution in [-0.2, 0) is 9.59 Å². The standard InChI is InChI=1S/C18H33N5O3S/c1-11-6-7-14(8-12(11)2)19-16(24)10-27-18-20-21-22-23(18)15-5-3-4-13(9-15)17(25)26/h11-15,18,20-22H,3-10H2,1-2H3,(H,19,24)(H,25,26). The van der Waals surface area contributed by atoms with Crippen LogP contribution < -0.4 is 21.8 Å². The van der Waals surface area contributed by atoms with Crippen LogP contribution in [0.1, 0.15) is 58.8 Å². The van der Waals surface area contributed by atoms with Gasteiger partial charge in [0.1, 0.15) is 5.50 Å². The molecule has 0 aromatic heterocycles. The fraction of sp³-hybridized carbons (Fsp3) is 0.889. The molecule has 154 valence electrons. The smallest absolute Gasteiger partial charge is 0.306 e. The highest BCUT2D eigenvalue weighted by molar-refractivity contribution is 8.00. The zero-order valence-corrected chi connectivity index (χ0v) is 17.1. The lowest BCUT2D eigenvalue weighted by Gasteiger charge is -2.35. The highest BCUT2D eigenvalue weighted by Crippen LogP contribution is 2.31. The Kier molecular flexibility index (Phi) is 7.38. The summed E-state index contributed by atoms with van der Waals surface area (Å²) in [5.74, 6) is 0.867. The number of nitrogens with one attached hydrogen (secondary N) is 4. The molecule has 0 aromatic carbocycles. The highest BCUT2D eigenvalue weighted by atomic mass is 32.2. The molecule has 1 heterocycles. The zero-order valence-electron chi connectivity index (χ0n) is 16.2. The third-order valence-corrected chi connectivity index (χ3v) is 7.45. The Morgan fingerprint density at radius 2 is 1.96 bits per heavy atom. The summed E-state index contributed by atoms with van der Waals surface area (Å²) in [7, 11) is 0. The molecule has 0 spiro atoms. The predicted molar refractivity (Wildman–Crippen MR) is 105 cm³/mol. The number of hydrogen-bond acceptors (Lipinski definition) is 7. The van der Waals surface area contributed by atoms with Crippen LogP contribution in [0.3, 0.4) is 0 Å². The van der Waals surface area contributed by atoms with Crippen LogP contribution in [0, 0.1) is 17.8 Å². The topological polar surface area (TPSA) is 106 Å². The van der Waals surface area contributed by atoms with Crippen molar-refractivity contribution in [3.05, 3.63) is 0 Å². The van der Waals surface area contributed by atoms with Crippen molar-refractivity contribution in [2.75, 3.05) is 5.75 Å². The number of amides is 1. The number of hydrazine groups is 3. The lowest BCUT2D eigenvalue weighted by atomic mass is 9.79. The Bertz CT molecular complexity index is 537. The molecule has 3 rings (SSSR count). The van der Waals surface area contributed by atoms with Crippen molar-refractivity contribution in [1.82, 2.24) is 26.8 Å². The first-order chi connectivity index (χ1) is 12.9. The maximum atomic E-state index is 12.4. The van der Waals surface area contributed by atoms with Crippen molar-refractivity contribution in [1.29, 1.82) is 0 Å². The minimum Gasteiger partial charge on any atom is -0.481 e. The quantitative estimate of drug-likeness (QED) is 0.457. The molecular weight excluding hydrogens is 366 g/mol. The van der Waals surface area contributed by atoms with Gasteiger partial charge in [-0.15, -0.1) is 11.8 Å². The monoisotopic (exact) mass is 399 g/mol. The second kappa shape index (κ2) is 9.56. The van der Waals surface area contributed by atoms with Crippen LogP contribution in [-0.4, -0.2) is 45.3 Å². The maximum Gasteiger partial charge on any atom is 0.306 e. The Hall–Kier alpha value is -0.870. The van der Waals surface area contributed by atoms with E-state index >= 15 is 0 Å². The summed E-state index contributed by atoms with van der Waals surface area (Å²) in [5, 5.41) is 14.5. The van der Waals surface area contributed by atoms with E-state index in [4.69, 9.17) is 0 Å². The van der Waals surface area contributed by atoms with Gasteiger partial charge in [0.2, 0.25) is 5.91 Å². The number of carbonyl (C=O) groups excluding carboxylic acids is 1. The number of carboxylic acid groups (broad SMARTS) is 1. The maximum absolute atomic E-state index is 12.4. The first kappa shape index (κ1) is 20.9. The fourth-order valence-electron chi connectivity index (χ4n) is 4.43. The number of thioether (sulfide) groups is 1. The van der Waals surface area contributed by atoms with Crippen molar-refractivity contribution >= 4 is 23.6 Å². The second-order valence-electron chi connectivity index (χ2n) is 8.34. The molecule has 1 aliphatic heterocycles. The molecular formula is C18H33N5O3S. The van der Waals surface area contributed by atoms with Crippen LogP contribution in [0.25, 0.3) is 0 Å². The summed E-state index contributed by atoms with van der Waals surface area (Å²) in [4.78, 5) is 23.7. The van der Waals surface area contributed by atoms with Crippen LogP contribution in [0.4, 0.5) is 0 Å². The summed E-state index contributed by atoms with van der Waals surface area (Å²) in [6.45, 7) is 4.56. The molecule has 1 amide bonds. The summed E-state index contributed by atoms with van der Waals surface area (Å²) in [6, 6.07) is 0.437. The number of rotatable bonds is 6. The van der Waals surface area contributed by atoms with Crippen LogP contribution in [0.5, 0.6) is 0 Å². The zero-order chi connectivity index (χ0) is 19.4. The number of carboxylic acids is 1. The van der Waals surface area contributed by atoms with Gasteiger partial charge in [0.15, 0.2) is 0 Å². The molecule has 3 fully saturated rings. The normalized spacial score (nSPS) is 37.9. The predicted octanol–water partition coefficient (Wildman–Crippen LogP) is 1.42. The van der Waals surface area contributed by atoms with Crippen molar-refractivity contribution in [3.63, 3.8) is 0 Å². The van der Waals surface area contributed by atoms with Crippen molar-refractivity contribution in [2.24, 2.45) is 17.8 Å². The Labute approximate surface area is 165 Å². The molecule has 9 heteroatoms. The van der Waals surface area contributed by atoms with Gasteiger partial charge in [-0.25, -0.2) is 5.43 Å². The SMILES string of the molecule is CC1CCC(NC(=O)CSC2NNNN2C2CCCC(C(=O)O)C2)CC1C. The second-order valence-corrected chi connectivity index (χ2v) is 9.41. The van der Waals surface area contributed by atoms with Gasteiger partial charge in [0.05, 0.1) is 11.7 Å². The number of aliphatic carboxylic acids is 1.